The topological polar surface area (TPSA) is 58.4 Å². The second-order valence-corrected chi connectivity index (χ2v) is 7.05. The number of rotatable bonds is 3. The first-order valence-corrected chi connectivity index (χ1v) is 9.58. The summed E-state index contributed by atoms with van der Waals surface area (Å²) in [5, 5.41) is 4.36. The second-order valence-electron chi connectivity index (χ2n) is 7.05. The number of fused-ring (bicyclic) bond motifs is 1. The van der Waals surface area contributed by atoms with Crippen LogP contribution in [0.15, 0.2) is 42.6 Å². The van der Waals surface area contributed by atoms with Crippen LogP contribution in [0, 0.1) is 0 Å². The Morgan fingerprint density at radius 3 is 2.44 bits per heavy atom. The molecule has 4 rings (SSSR count). The fourth-order valence-electron chi connectivity index (χ4n) is 3.74. The maximum absolute atomic E-state index is 12.9. The maximum Gasteiger partial charge on any atom is 0.257 e. The lowest BCUT2D eigenvalue weighted by molar-refractivity contribution is -0.127. The molecular formula is C21H24N4O2. The molecule has 0 N–H and O–H groups in total. The van der Waals surface area contributed by atoms with Crippen molar-refractivity contribution in [1.82, 2.24) is 19.6 Å². The molecule has 1 saturated heterocycles. The highest BCUT2D eigenvalue weighted by Gasteiger charge is 2.27. The maximum atomic E-state index is 12.9. The number of benzene rings is 1. The first-order valence-electron chi connectivity index (χ1n) is 9.58. The number of piperazine rings is 1. The molecule has 2 amide bonds. The van der Waals surface area contributed by atoms with Crippen molar-refractivity contribution in [3.05, 3.63) is 59.4 Å². The number of nitrogens with zero attached hydrogens (tertiary/aromatic N) is 4. The van der Waals surface area contributed by atoms with Crippen LogP contribution in [-0.2, 0) is 17.8 Å². The van der Waals surface area contributed by atoms with E-state index < -0.39 is 0 Å². The molecule has 2 aliphatic heterocycles. The van der Waals surface area contributed by atoms with E-state index in [2.05, 4.69) is 5.10 Å². The minimum atomic E-state index is -0.00568. The normalized spacial score (nSPS) is 17.2. The lowest BCUT2D eigenvalue weighted by Gasteiger charge is -2.34. The van der Waals surface area contributed by atoms with Gasteiger partial charge in [-0.25, -0.2) is 0 Å². The lowest BCUT2D eigenvalue weighted by Crippen LogP contribution is -2.50. The lowest BCUT2D eigenvalue weighted by atomic mass is 10.1. The molecular weight excluding hydrogens is 340 g/mol. The Balaban J connectivity index is 1.35. The number of hydrogen-bond acceptors (Lipinski definition) is 3. The molecule has 1 aromatic heterocycles. The zero-order chi connectivity index (χ0) is 18.6. The van der Waals surface area contributed by atoms with Gasteiger partial charge in [0.25, 0.3) is 5.91 Å². The molecule has 1 aromatic carbocycles. The number of aromatic nitrogens is 2. The van der Waals surface area contributed by atoms with Crippen molar-refractivity contribution in [2.75, 3.05) is 26.2 Å². The average molecular weight is 364 g/mol. The van der Waals surface area contributed by atoms with Gasteiger partial charge in [-0.05, 0) is 30.9 Å². The van der Waals surface area contributed by atoms with Crippen LogP contribution in [0.25, 0.3) is 6.08 Å². The third-order valence-corrected chi connectivity index (χ3v) is 5.31. The predicted octanol–water partition coefficient (Wildman–Crippen LogP) is 2.22. The summed E-state index contributed by atoms with van der Waals surface area (Å²) in [7, 11) is 0. The molecule has 0 unspecified atom stereocenters. The van der Waals surface area contributed by atoms with Crippen LogP contribution < -0.4 is 0 Å². The zero-order valence-electron chi connectivity index (χ0n) is 15.4. The van der Waals surface area contributed by atoms with E-state index in [1.807, 2.05) is 46.0 Å². The molecule has 0 spiro atoms. The molecule has 0 atom stereocenters. The molecule has 0 bridgehead atoms. The van der Waals surface area contributed by atoms with Gasteiger partial charge in [0.15, 0.2) is 0 Å². The van der Waals surface area contributed by atoms with Gasteiger partial charge in [0.1, 0.15) is 0 Å². The molecule has 27 heavy (non-hydrogen) atoms. The van der Waals surface area contributed by atoms with Crippen molar-refractivity contribution in [3.8, 4) is 0 Å². The number of hydrogen-bond donors (Lipinski definition) is 0. The number of carbonyl (C=O) groups excluding carboxylic acids is 2. The van der Waals surface area contributed by atoms with Gasteiger partial charge in [-0.1, -0.05) is 30.3 Å². The quantitative estimate of drug-likeness (QED) is 0.785. The Morgan fingerprint density at radius 2 is 1.67 bits per heavy atom. The van der Waals surface area contributed by atoms with Gasteiger partial charge in [-0.3, -0.25) is 14.3 Å². The monoisotopic (exact) mass is 364 g/mol. The van der Waals surface area contributed by atoms with Crippen molar-refractivity contribution in [1.29, 1.82) is 0 Å². The molecule has 140 valence electrons. The molecule has 6 nitrogen and oxygen atoms in total. The predicted molar refractivity (Wildman–Crippen MR) is 103 cm³/mol. The van der Waals surface area contributed by atoms with Crippen LogP contribution in [0.1, 0.15) is 34.5 Å². The molecule has 2 aromatic rings. The molecule has 0 aliphatic carbocycles. The molecule has 1 fully saturated rings. The van der Waals surface area contributed by atoms with Crippen molar-refractivity contribution < 1.29 is 9.59 Å². The van der Waals surface area contributed by atoms with Gasteiger partial charge < -0.3 is 9.80 Å². The van der Waals surface area contributed by atoms with E-state index in [0.717, 1.165) is 42.6 Å². The highest BCUT2D eigenvalue weighted by atomic mass is 16.2. The summed E-state index contributed by atoms with van der Waals surface area (Å²) in [6.07, 6.45) is 8.31. The minimum absolute atomic E-state index is 0.00568. The molecule has 6 heteroatoms. The summed E-state index contributed by atoms with van der Waals surface area (Å²) in [6, 6.07) is 9.78. The standard InChI is InChI=1S/C21H24N4O2/c26-20(10-9-17-6-2-1-3-7-17)23-12-14-24(15-13-23)21(27)18-16-22-25-11-5-4-8-19(18)25/h1-3,6-7,9-10,16H,4-5,8,11-15H2/b10-9+. The van der Waals surface area contributed by atoms with E-state index in [1.165, 1.54) is 0 Å². The Labute approximate surface area is 159 Å². The van der Waals surface area contributed by atoms with Gasteiger partial charge in [-0.2, -0.15) is 5.10 Å². The zero-order valence-corrected chi connectivity index (χ0v) is 15.4. The first kappa shape index (κ1) is 17.5. The minimum Gasteiger partial charge on any atom is -0.336 e. The third-order valence-electron chi connectivity index (χ3n) is 5.31. The average Bonchev–Trinajstić information content (AvgIpc) is 3.16. The molecule has 0 saturated carbocycles. The number of aryl methyl sites for hydroxylation is 1. The Hall–Kier alpha value is -2.89. The van der Waals surface area contributed by atoms with Crippen molar-refractivity contribution in [3.63, 3.8) is 0 Å². The summed E-state index contributed by atoms with van der Waals surface area (Å²) in [4.78, 5) is 28.9. The van der Waals surface area contributed by atoms with Crippen molar-refractivity contribution in [2.24, 2.45) is 0 Å². The Kier molecular flexibility index (Phi) is 5.05. The van der Waals surface area contributed by atoms with Crippen LogP contribution in [0.5, 0.6) is 0 Å². The Bertz CT molecular complexity index is 848. The van der Waals surface area contributed by atoms with Crippen LogP contribution in [-0.4, -0.2) is 57.6 Å². The fourth-order valence-corrected chi connectivity index (χ4v) is 3.74. The van der Waals surface area contributed by atoms with E-state index >= 15 is 0 Å². The summed E-state index contributed by atoms with van der Waals surface area (Å²) in [5.41, 5.74) is 2.81. The van der Waals surface area contributed by atoms with Gasteiger partial charge in [0, 0.05) is 38.8 Å². The van der Waals surface area contributed by atoms with Crippen LogP contribution in [0.3, 0.4) is 0 Å². The summed E-state index contributed by atoms with van der Waals surface area (Å²) < 4.78 is 1.96. The van der Waals surface area contributed by atoms with E-state index in [9.17, 15) is 9.59 Å². The van der Waals surface area contributed by atoms with Gasteiger partial charge in [0.2, 0.25) is 5.91 Å². The highest BCUT2D eigenvalue weighted by Crippen LogP contribution is 2.20. The number of carbonyl (C=O) groups is 2. The van der Waals surface area contributed by atoms with Gasteiger partial charge in [-0.15, -0.1) is 0 Å². The van der Waals surface area contributed by atoms with Crippen LogP contribution >= 0.6 is 0 Å². The molecule has 0 radical (unpaired) electrons. The van der Waals surface area contributed by atoms with E-state index in [1.54, 1.807) is 17.2 Å². The SMILES string of the molecule is O=C(/C=C/c1ccccc1)N1CCN(C(=O)c2cnn3c2CCCC3)CC1. The summed E-state index contributed by atoms with van der Waals surface area (Å²) >= 11 is 0. The summed E-state index contributed by atoms with van der Waals surface area (Å²) in [5.74, 6) is 0.0407. The van der Waals surface area contributed by atoms with E-state index in [4.69, 9.17) is 0 Å². The molecule has 3 heterocycles. The first-order chi connectivity index (χ1) is 13.2. The third kappa shape index (κ3) is 3.79. The number of amides is 2. The van der Waals surface area contributed by atoms with Crippen molar-refractivity contribution in [2.45, 2.75) is 25.8 Å². The van der Waals surface area contributed by atoms with E-state index in [-0.39, 0.29) is 11.8 Å². The van der Waals surface area contributed by atoms with Gasteiger partial charge >= 0.3 is 0 Å². The largest absolute Gasteiger partial charge is 0.336 e. The summed E-state index contributed by atoms with van der Waals surface area (Å²) in [6.45, 7) is 3.15. The smallest absolute Gasteiger partial charge is 0.257 e. The van der Waals surface area contributed by atoms with Crippen LogP contribution in [0.2, 0.25) is 0 Å². The highest BCUT2D eigenvalue weighted by molar-refractivity contribution is 5.96. The van der Waals surface area contributed by atoms with E-state index in [0.29, 0.717) is 26.2 Å². The van der Waals surface area contributed by atoms with Crippen LogP contribution in [0.4, 0.5) is 0 Å². The fraction of sp³-hybridized carbons (Fsp3) is 0.381. The van der Waals surface area contributed by atoms with Gasteiger partial charge in [0.05, 0.1) is 17.5 Å². The second kappa shape index (κ2) is 7.78. The van der Waals surface area contributed by atoms with Crippen molar-refractivity contribution >= 4 is 17.9 Å². The Morgan fingerprint density at radius 1 is 0.926 bits per heavy atom. The molecule has 2 aliphatic rings.